The van der Waals surface area contributed by atoms with Crippen LogP contribution in [0.4, 0.5) is 11.6 Å². The van der Waals surface area contributed by atoms with Crippen molar-refractivity contribution >= 4 is 28.1 Å². The van der Waals surface area contributed by atoms with Crippen molar-refractivity contribution in [2.45, 2.75) is 19.4 Å². The summed E-state index contributed by atoms with van der Waals surface area (Å²) in [5, 5.41) is 17.9. The van der Waals surface area contributed by atoms with E-state index in [9.17, 15) is 0 Å². The summed E-state index contributed by atoms with van der Waals surface area (Å²) in [4.78, 5) is 13.9. The zero-order chi connectivity index (χ0) is 23.4. The van der Waals surface area contributed by atoms with Gasteiger partial charge < -0.3 is 10.1 Å². The Morgan fingerprint density at radius 1 is 1.09 bits per heavy atom. The van der Waals surface area contributed by atoms with E-state index in [1.807, 2.05) is 61.4 Å². The van der Waals surface area contributed by atoms with E-state index in [0.29, 0.717) is 30.6 Å². The maximum atomic E-state index is 6.30. The van der Waals surface area contributed by atoms with Crippen LogP contribution in [-0.2, 0) is 11.8 Å². The highest BCUT2D eigenvalue weighted by molar-refractivity contribution is 5.93. The summed E-state index contributed by atoms with van der Waals surface area (Å²) in [5.41, 5.74) is 3.58. The summed E-state index contributed by atoms with van der Waals surface area (Å²) in [5.74, 6) is 2.79. The maximum absolute atomic E-state index is 6.30. The summed E-state index contributed by atoms with van der Waals surface area (Å²) in [6.45, 7) is 3.36. The fourth-order valence-corrected chi connectivity index (χ4v) is 4.42. The molecule has 34 heavy (non-hydrogen) atoms. The molecule has 0 spiro atoms. The Hall–Kier alpha value is -3.99. The number of nitrogens with zero attached hydrogens (tertiary/aromatic N) is 9. The van der Waals surface area contributed by atoms with Gasteiger partial charge in [-0.1, -0.05) is 0 Å². The van der Waals surface area contributed by atoms with Gasteiger partial charge in [-0.25, -0.2) is 20.0 Å². The number of aryl methyl sites for hydroxylation is 1. The lowest BCUT2D eigenvalue weighted by Crippen LogP contribution is -2.31. The smallest absolute Gasteiger partial charge is 0.212 e. The number of hydrogen-bond acceptors (Lipinski definition) is 9. The van der Waals surface area contributed by atoms with Gasteiger partial charge in [-0.15, -0.1) is 0 Å². The van der Waals surface area contributed by atoms with Gasteiger partial charge in [0.25, 0.3) is 0 Å². The van der Waals surface area contributed by atoms with Crippen LogP contribution in [0.3, 0.4) is 0 Å². The van der Waals surface area contributed by atoms with Gasteiger partial charge in [0.2, 0.25) is 5.88 Å². The van der Waals surface area contributed by atoms with Crippen LogP contribution in [0.1, 0.15) is 25.2 Å². The van der Waals surface area contributed by atoms with Gasteiger partial charge in [0.05, 0.1) is 30.3 Å². The second-order valence-electron chi connectivity index (χ2n) is 8.75. The van der Waals surface area contributed by atoms with Gasteiger partial charge in [0.15, 0.2) is 5.82 Å². The normalized spacial score (nSPS) is 18.7. The topological polar surface area (TPSA) is 102 Å². The molecule has 1 atom stereocenters. The van der Waals surface area contributed by atoms with Crippen LogP contribution in [0.15, 0.2) is 42.7 Å². The molecule has 4 aromatic rings. The van der Waals surface area contributed by atoms with Crippen molar-refractivity contribution in [1.29, 1.82) is 0 Å². The minimum absolute atomic E-state index is 0.0979. The summed E-state index contributed by atoms with van der Waals surface area (Å²) in [6, 6.07) is 5.92. The SMILES string of the molecule is CC1CCOC2=C(CN(C)N2C)c2nccc(n2)Nc2cc3c(cn2)c(-c2ccn(C)n2)nn31. The molecule has 6 heterocycles. The molecule has 0 saturated carbocycles. The Kier molecular flexibility index (Phi) is 4.73. The highest BCUT2D eigenvalue weighted by Crippen LogP contribution is 2.33. The molecule has 174 valence electrons. The Labute approximate surface area is 196 Å². The minimum atomic E-state index is 0.0979. The highest BCUT2D eigenvalue weighted by Gasteiger charge is 2.29. The zero-order valence-electron chi connectivity index (χ0n) is 19.6. The molecule has 0 saturated heterocycles. The number of hydrogen-bond donors (Lipinski definition) is 1. The molecule has 4 aromatic heterocycles. The van der Waals surface area contributed by atoms with E-state index in [1.165, 1.54) is 0 Å². The molecular formula is C23H26N10O. The highest BCUT2D eigenvalue weighted by atomic mass is 16.5. The number of likely N-dealkylation sites (N-methyl/N-ethyl adjacent to an activating group) is 1. The molecule has 4 bridgehead atoms. The monoisotopic (exact) mass is 458 g/mol. The molecule has 0 amide bonds. The number of rotatable bonds is 1. The van der Waals surface area contributed by atoms with Gasteiger partial charge in [-0.2, -0.15) is 10.2 Å². The average Bonchev–Trinajstić information content (AvgIpc) is 3.50. The number of hydrazine groups is 1. The Bertz CT molecular complexity index is 1420. The summed E-state index contributed by atoms with van der Waals surface area (Å²) in [7, 11) is 5.91. The molecule has 0 fully saturated rings. The van der Waals surface area contributed by atoms with Crippen molar-refractivity contribution in [3.05, 3.63) is 48.5 Å². The second-order valence-corrected chi connectivity index (χ2v) is 8.75. The average molecular weight is 459 g/mol. The molecule has 1 N–H and O–H groups in total. The molecule has 0 aromatic carbocycles. The van der Waals surface area contributed by atoms with E-state index in [-0.39, 0.29) is 6.04 Å². The van der Waals surface area contributed by atoms with Crippen LogP contribution in [0.25, 0.3) is 27.9 Å². The third kappa shape index (κ3) is 3.36. The van der Waals surface area contributed by atoms with Gasteiger partial charge in [0, 0.05) is 57.6 Å². The van der Waals surface area contributed by atoms with Crippen LogP contribution in [0.2, 0.25) is 0 Å². The van der Waals surface area contributed by atoms with E-state index in [4.69, 9.17) is 14.8 Å². The summed E-state index contributed by atoms with van der Waals surface area (Å²) < 4.78 is 10.1. The largest absolute Gasteiger partial charge is 0.478 e. The molecule has 0 radical (unpaired) electrons. The molecule has 6 rings (SSSR count). The van der Waals surface area contributed by atoms with Crippen molar-refractivity contribution < 1.29 is 4.74 Å². The van der Waals surface area contributed by atoms with Crippen LogP contribution in [-0.4, -0.2) is 71.8 Å². The summed E-state index contributed by atoms with van der Waals surface area (Å²) >= 11 is 0. The number of ether oxygens (including phenoxy) is 1. The zero-order valence-corrected chi connectivity index (χ0v) is 19.6. The first-order valence-corrected chi connectivity index (χ1v) is 11.3. The van der Waals surface area contributed by atoms with Crippen molar-refractivity contribution in [2.75, 3.05) is 32.6 Å². The Balaban J connectivity index is 1.48. The minimum Gasteiger partial charge on any atom is -0.478 e. The van der Waals surface area contributed by atoms with Crippen LogP contribution in [0.5, 0.6) is 0 Å². The number of nitrogens with one attached hydrogen (secondary N) is 1. The van der Waals surface area contributed by atoms with E-state index in [0.717, 1.165) is 40.2 Å². The van der Waals surface area contributed by atoms with Gasteiger partial charge in [0.1, 0.15) is 23.0 Å². The first-order valence-electron chi connectivity index (χ1n) is 11.3. The predicted molar refractivity (Wildman–Crippen MR) is 128 cm³/mol. The fraction of sp³-hybridized carbons (Fsp3) is 0.348. The van der Waals surface area contributed by atoms with E-state index < -0.39 is 0 Å². The third-order valence-electron chi connectivity index (χ3n) is 6.37. The molecular weight excluding hydrogens is 432 g/mol. The molecule has 1 unspecified atom stereocenters. The molecule has 2 aliphatic heterocycles. The van der Waals surface area contributed by atoms with Crippen molar-refractivity contribution in [1.82, 2.24) is 44.5 Å². The van der Waals surface area contributed by atoms with Gasteiger partial charge in [-0.05, 0) is 19.1 Å². The second kappa shape index (κ2) is 7.80. The third-order valence-corrected chi connectivity index (χ3v) is 6.37. The van der Waals surface area contributed by atoms with Crippen molar-refractivity contribution in [3.8, 4) is 11.4 Å². The lowest BCUT2D eigenvalue weighted by atomic mass is 10.2. The number of aromatic nitrogens is 7. The van der Waals surface area contributed by atoms with Crippen LogP contribution < -0.4 is 5.32 Å². The molecule has 11 nitrogen and oxygen atoms in total. The summed E-state index contributed by atoms with van der Waals surface area (Å²) in [6.07, 6.45) is 6.30. The van der Waals surface area contributed by atoms with Gasteiger partial charge in [-0.3, -0.25) is 14.4 Å². The quantitative estimate of drug-likeness (QED) is 0.461. The maximum Gasteiger partial charge on any atom is 0.212 e. The number of fused-ring (bicyclic) bond motifs is 4. The lowest BCUT2D eigenvalue weighted by Gasteiger charge is -2.24. The standard InChI is InChI=1S/C23H26N10O/c1-14-7-10-34-23-16(13-31(3)32(23)4)22-24-8-5-19(27-22)26-20-11-18-15(12-25-20)21(29-33(14)18)17-6-9-30(2)28-17/h5-6,8-9,11-12,14H,7,10,13H2,1-4H3,(H,24,25,26,27). The first-order chi connectivity index (χ1) is 16.5. The van der Waals surface area contributed by atoms with Crippen molar-refractivity contribution in [2.24, 2.45) is 7.05 Å². The lowest BCUT2D eigenvalue weighted by molar-refractivity contribution is 0.0188. The van der Waals surface area contributed by atoms with Crippen molar-refractivity contribution in [3.63, 3.8) is 0 Å². The Morgan fingerprint density at radius 2 is 1.97 bits per heavy atom. The number of pyridine rings is 1. The van der Waals surface area contributed by atoms with Crippen LogP contribution in [0, 0.1) is 0 Å². The van der Waals surface area contributed by atoms with Gasteiger partial charge >= 0.3 is 0 Å². The van der Waals surface area contributed by atoms with E-state index in [1.54, 1.807) is 10.9 Å². The number of anilines is 2. The van der Waals surface area contributed by atoms with E-state index >= 15 is 0 Å². The van der Waals surface area contributed by atoms with Crippen LogP contribution >= 0.6 is 0 Å². The Morgan fingerprint density at radius 3 is 2.79 bits per heavy atom. The molecule has 2 aliphatic rings. The molecule has 11 heteroatoms. The molecule has 0 aliphatic carbocycles. The van der Waals surface area contributed by atoms with E-state index in [2.05, 4.69) is 32.3 Å². The first kappa shape index (κ1) is 20.6. The fourth-order valence-electron chi connectivity index (χ4n) is 4.42. The predicted octanol–water partition coefficient (Wildman–Crippen LogP) is 2.81.